The van der Waals surface area contributed by atoms with Gasteiger partial charge in [0.05, 0.1) is 11.7 Å². The van der Waals surface area contributed by atoms with Crippen LogP contribution in [-0.4, -0.2) is 33.3 Å². The lowest BCUT2D eigenvalue weighted by molar-refractivity contribution is 0.0757. The molecule has 1 aliphatic rings. The van der Waals surface area contributed by atoms with Crippen molar-refractivity contribution in [3.63, 3.8) is 0 Å². The number of carbonyl (C=O) groups is 1. The van der Waals surface area contributed by atoms with Crippen molar-refractivity contribution in [2.75, 3.05) is 6.61 Å². The summed E-state index contributed by atoms with van der Waals surface area (Å²) in [5, 5.41) is 6.96. The van der Waals surface area contributed by atoms with Crippen molar-refractivity contribution < 1.29 is 14.1 Å². The Morgan fingerprint density at radius 3 is 3.09 bits per heavy atom. The average Bonchev–Trinajstić information content (AvgIpc) is 3.26. The molecule has 0 aromatic carbocycles. The van der Waals surface area contributed by atoms with Crippen molar-refractivity contribution in [2.24, 2.45) is 7.05 Å². The molecule has 124 valence electrons. The Kier molecular flexibility index (Phi) is 4.47. The van der Waals surface area contributed by atoms with E-state index in [0.29, 0.717) is 6.61 Å². The largest absolute Gasteiger partial charge is 0.368 e. The first-order chi connectivity index (χ1) is 11.1. The summed E-state index contributed by atoms with van der Waals surface area (Å²) in [7, 11) is 1.91. The third kappa shape index (κ3) is 3.14. The minimum Gasteiger partial charge on any atom is -0.368 e. The molecule has 0 aliphatic carbocycles. The van der Waals surface area contributed by atoms with Gasteiger partial charge in [0.15, 0.2) is 0 Å². The minimum atomic E-state index is -0.262. The number of nitrogens with zero attached hydrogens (tertiary/aromatic N) is 3. The Morgan fingerprint density at radius 2 is 2.39 bits per heavy atom. The maximum Gasteiger partial charge on any atom is 0.290 e. The van der Waals surface area contributed by atoms with E-state index in [1.165, 1.54) is 0 Å². The van der Waals surface area contributed by atoms with Crippen LogP contribution in [0.3, 0.4) is 0 Å². The molecule has 1 fully saturated rings. The summed E-state index contributed by atoms with van der Waals surface area (Å²) in [6.07, 6.45) is 5.05. The first kappa shape index (κ1) is 15.7. The third-order valence-electron chi connectivity index (χ3n) is 4.39. The summed E-state index contributed by atoms with van der Waals surface area (Å²) < 4.78 is 12.8. The van der Waals surface area contributed by atoms with Gasteiger partial charge in [0.25, 0.3) is 5.91 Å². The van der Waals surface area contributed by atoms with Gasteiger partial charge in [-0.05, 0) is 12.8 Å². The molecule has 2 aromatic heterocycles. The Labute approximate surface area is 135 Å². The number of imidazole rings is 1. The molecule has 3 heterocycles. The van der Waals surface area contributed by atoms with Crippen molar-refractivity contribution in [3.05, 3.63) is 35.7 Å². The molecular formula is C16H22N4O3. The fraction of sp³-hybridized carbons (Fsp3) is 0.562. The molecule has 7 nitrogen and oxygen atoms in total. The molecule has 0 spiro atoms. The maximum absolute atomic E-state index is 12.4. The van der Waals surface area contributed by atoms with Crippen molar-refractivity contribution >= 4 is 5.91 Å². The topological polar surface area (TPSA) is 82.2 Å². The van der Waals surface area contributed by atoms with E-state index in [1.807, 2.05) is 17.8 Å². The number of aromatic nitrogens is 3. The second kappa shape index (κ2) is 6.54. The van der Waals surface area contributed by atoms with Gasteiger partial charge in [-0.3, -0.25) is 4.79 Å². The highest BCUT2D eigenvalue weighted by Gasteiger charge is 2.34. The summed E-state index contributed by atoms with van der Waals surface area (Å²) in [4.78, 5) is 16.7. The molecule has 0 saturated carbocycles. The lowest BCUT2D eigenvalue weighted by Gasteiger charge is -2.18. The zero-order valence-electron chi connectivity index (χ0n) is 13.7. The number of aryl methyl sites for hydroxylation is 1. The molecule has 0 unspecified atom stereocenters. The first-order valence-electron chi connectivity index (χ1n) is 7.96. The van der Waals surface area contributed by atoms with Crippen LogP contribution in [0.5, 0.6) is 0 Å². The highest BCUT2D eigenvalue weighted by atomic mass is 16.5. The Morgan fingerprint density at radius 1 is 1.57 bits per heavy atom. The SMILES string of the molecule is CC[C@@H](C)c1cc(C(=O)N[C@H]2CCO[C@@H]2c2nccn2C)on1. The molecule has 3 atom stereocenters. The van der Waals surface area contributed by atoms with E-state index in [9.17, 15) is 4.79 Å². The fourth-order valence-electron chi connectivity index (χ4n) is 2.72. The van der Waals surface area contributed by atoms with Crippen LogP contribution in [0.1, 0.15) is 60.8 Å². The van der Waals surface area contributed by atoms with Gasteiger partial charge >= 0.3 is 0 Å². The van der Waals surface area contributed by atoms with Gasteiger partial charge < -0.3 is 19.1 Å². The summed E-state index contributed by atoms with van der Waals surface area (Å²) >= 11 is 0. The van der Waals surface area contributed by atoms with E-state index < -0.39 is 0 Å². The van der Waals surface area contributed by atoms with Gasteiger partial charge in [0, 0.05) is 38.0 Å². The van der Waals surface area contributed by atoms with E-state index in [1.54, 1.807) is 12.3 Å². The first-order valence-corrected chi connectivity index (χ1v) is 7.96. The van der Waals surface area contributed by atoms with Crippen LogP contribution >= 0.6 is 0 Å². The van der Waals surface area contributed by atoms with Gasteiger partial charge in [0.1, 0.15) is 11.9 Å². The highest BCUT2D eigenvalue weighted by Crippen LogP contribution is 2.28. The predicted octanol–water partition coefficient (Wildman–Crippen LogP) is 2.18. The lowest BCUT2D eigenvalue weighted by Crippen LogP contribution is -2.37. The van der Waals surface area contributed by atoms with E-state index in [-0.39, 0.29) is 29.7 Å². The molecule has 2 aromatic rings. The molecule has 0 radical (unpaired) electrons. The number of rotatable bonds is 5. The van der Waals surface area contributed by atoms with Crippen LogP contribution in [0.4, 0.5) is 0 Å². The van der Waals surface area contributed by atoms with E-state index in [4.69, 9.17) is 9.26 Å². The number of nitrogens with one attached hydrogen (secondary N) is 1. The van der Waals surface area contributed by atoms with Gasteiger partial charge in [-0.25, -0.2) is 4.98 Å². The summed E-state index contributed by atoms with van der Waals surface area (Å²) in [5.41, 5.74) is 0.806. The maximum atomic E-state index is 12.4. The number of amides is 1. The third-order valence-corrected chi connectivity index (χ3v) is 4.39. The molecular weight excluding hydrogens is 296 g/mol. The lowest BCUT2D eigenvalue weighted by atomic mass is 10.1. The van der Waals surface area contributed by atoms with E-state index >= 15 is 0 Å². The molecule has 0 bridgehead atoms. The van der Waals surface area contributed by atoms with E-state index in [0.717, 1.165) is 24.4 Å². The minimum absolute atomic E-state index is 0.124. The average molecular weight is 318 g/mol. The molecule has 3 rings (SSSR count). The molecule has 1 saturated heterocycles. The summed E-state index contributed by atoms with van der Waals surface area (Å²) in [6, 6.07) is 1.59. The molecule has 1 aliphatic heterocycles. The van der Waals surface area contributed by atoms with Crippen molar-refractivity contribution in [1.29, 1.82) is 0 Å². The van der Waals surface area contributed by atoms with Crippen molar-refractivity contribution in [2.45, 2.75) is 44.8 Å². The van der Waals surface area contributed by atoms with Gasteiger partial charge in [-0.2, -0.15) is 0 Å². The van der Waals surface area contributed by atoms with Gasteiger partial charge in [-0.1, -0.05) is 19.0 Å². The second-order valence-electron chi connectivity index (χ2n) is 5.98. The quantitative estimate of drug-likeness (QED) is 0.913. The second-order valence-corrected chi connectivity index (χ2v) is 5.98. The number of carbonyl (C=O) groups excluding carboxylic acids is 1. The van der Waals surface area contributed by atoms with Crippen molar-refractivity contribution in [3.8, 4) is 0 Å². The van der Waals surface area contributed by atoms with Crippen LogP contribution in [0.2, 0.25) is 0 Å². The zero-order chi connectivity index (χ0) is 16.4. The number of hydrogen-bond donors (Lipinski definition) is 1. The Hall–Kier alpha value is -2.15. The van der Waals surface area contributed by atoms with E-state index in [2.05, 4.69) is 29.3 Å². The van der Waals surface area contributed by atoms with Crippen molar-refractivity contribution in [1.82, 2.24) is 20.0 Å². The molecule has 7 heteroatoms. The highest BCUT2D eigenvalue weighted by molar-refractivity contribution is 5.91. The molecule has 1 amide bonds. The summed E-state index contributed by atoms with van der Waals surface area (Å²) in [5.74, 6) is 1.06. The smallest absolute Gasteiger partial charge is 0.290 e. The van der Waals surface area contributed by atoms with Crippen LogP contribution in [0, 0.1) is 0 Å². The summed E-state index contributed by atoms with van der Waals surface area (Å²) in [6.45, 7) is 4.73. The number of ether oxygens (including phenoxy) is 1. The van der Waals surface area contributed by atoms with Gasteiger partial charge in [-0.15, -0.1) is 0 Å². The molecule has 23 heavy (non-hydrogen) atoms. The van der Waals surface area contributed by atoms with Crippen LogP contribution in [-0.2, 0) is 11.8 Å². The van der Waals surface area contributed by atoms with Crippen LogP contribution in [0.25, 0.3) is 0 Å². The predicted molar refractivity (Wildman–Crippen MR) is 83.0 cm³/mol. The zero-order valence-corrected chi connectivity index (χ0v) is 13.7. The Balaban J connectivity index is 1.69. The standard InChI is InChI=1S/C16H22N4O3/c1-4-10(2)12-9-13(23-19-12)16(21)18-11-5-8-22-14(11)15-17-6-7-20(15)3/h6-7,9-11,14H,4-5,8H2,1-3H3,(H,18,21)/t10-,11+,14+/m1/s1. The Bertz CT molecular complexity index is 678. The number of hydrogen-bond acceptors (Lipinski definition) is 5. The van der Waals surface area contributed by atoms with Crippen LogP contribution in [0.15, 0.2) is 23.0 Å². The fourth-order valence-corrected chi connectivity index (χ4v) is 2.72. The van der Waals surface area contributed by atoms with Crippen LogP contribution < -0.4 is 5.32 Å². The normalized spacial score (nSPS) is 22.2. The van der Waals surface area contributed by atoms with Gasteiger partial charge in [0.2, 0.25) is 5.76 Å². The molecule has 1 N–H and O–H groups in total. The monoisotopic (exact) mass is 318 g/mol.